The van der Waals surface area contributed by atoms with Gasteiger partial charge in [-0.1, -0.05) is 15.9 Å². The molecule has 0 spiro atoms. The van der Waals surface area contributed by atoms with Crippen LogP contribution < -0.4 is 5.32 Å². The minimum atomic E-state index is -1.53. The van der Waals surface area contributed by atoms with Crippen LogP contribution in [0.25, 0.3) is 0 Å². The van der Waals surface area contributed by atoms with Gasteiger partial charge in [0.1, 0.15) is 11.5 Å². The summed E-state index contributed by atoms with van der Waals surface area (Å²) in [6, 6.07) is 4.47. The van der Waals surface area contributed by atoms with E-state index in [1.54, 1.807) is 12.1 Å². The fourth-order valence-electron chi connectivity index (χ4n) is 2.14. The van der Waals surface area contributed by atoms with Crippen LogP contribution in [-0.4, -0.2) is 13.1 Å². The Morgan fingerprint density at radius 3 is 2.88 bits per heavy atom. The highest BCUT2D eigenvalue weighted by atomic mass is 79.9. The average molecular weight is 290 g/mol. The van der Waals surface area contributed by atoms with E-state index in [-0.39, 0.29) is 5.56 Å². The molecule has 2 rings (SSSR count). The Balaban J connectivity index is 2.36. The molecule has 4 heteroatoms. The predicted octanol–water partition coefficient (Wildman–Crippen LogP) is 3.53. The highest BCUT2D eigenvalue weighted by Gasteiger charge is 2.35. The summed E-state index contributed by atoms with van der Waals surface area (Å²) in [5, 5.41) is 3.13. The van der Waals surface area contributed by atoms with E-state index in [4.69, 9.17) is 0 Å². The normalized spacial score (nSPS) is 26.4. The summed E-state index contributed by atoms with van der Waals surface area (Å²) in [6.07, 6.45) is 1.45. The van der Waals surface area contributed by atoms with Crippen molar-refractivity contribution < 1.29 is 8.78 Å². The molecule has 88 valence electrons. The topological polar surface area (TPSA) is 12.0 Å². The Bertz CT molecular complexity index is 373. The van der Waals surface area contributed by atoms with Crippen LogP contribution in [-0.2, 0) is 5.67 Å². The molecule has 0 aliphatic carbocycles. The molecule has 1 heterocycles. The lowest BCUT2D eigenvalue weighted by molar-refractivity contribution is 0.139. The highest BCUT2D eigenvalue weighted by molar-refractivity contribution is 9.10. The van der Waals surface area contributed by atoms with Crippen LogP contribution in [0.3, 0.4) is 0 Å². The zero-order valence-electron chi connectivity index (χ0n) is 8.90. The van der Waals surface area contributed by atoms with Gasteiger partial charge in [0, 0.05) is 10.0 Å². The molecule has 1 aromatic rings. The molecule has 16 heavy (non-hydrogen) atoms. The molecule has 1 nitrogen and oxygen atoms in total. The molecule has 1 N–H and O–H groups in total. The molecule has 1 fully saturated rings. The van der Waals surface area contributed by atoms with Crippen molar-refractivity contribution in [2.75, 3.05) is 13.1 Å². The van der Waals surface area contributed by atoms with Gasteiger partial charge in [-0.3, -0.25) is 0 Å². The van der Waals surface area contributed by atoms with E-state index >= 15 is 0 Å². The highest BCUT2D eigenvalue weighted by Crippen LogP contribution is 2.38. The van der Waals surface area contributed by atoms with E-state index in [0.29, 0.717) is 19.4 Å². The van der Waals surface area contributed by atoms with Crippen LogP contribution in [0.4, 0.5) is 8.78 Å². The van der Waals surface area contributed by atoms with E-state index in [1.807, 2.05) is 0 Å². The fourth-order valence-corrected chi connectivity index (χ4v) is 2.50. The maximum atomic E-state index is 14.7. The first kappa shape index (κ1) is 12.0. The largest absolute Gasteiger partial charge is 0.317 e. The Morgan fingerprint density at radius 1 is 1.25 bits per heavy atom. The molecular formula is C12H14BrF2N. The second-order valence-corrected chi connectivity index (χ2v) is 5.11. The zero-order chi connectivity index (χ0) is 11.6. The Morgan fingerprint density at radius 2 is 2.06 bits per heavy atom. The Hall–Kier alpha value is -0.480. The number of rotatable bonds is 1. The van der Waals surface area contributed by atoms with Crippen molar-refractivity contribution in [2.45, 2.75) is 24.9 Å². The molecule has 1 saturated heterocycles. The summed E-state index contributed by atoms with van der Waals surface area (Å²) >= 11 is 3.26. The van der Waals surface area contributed by atoms with E-state index in [1.165, 1.54) is 6.07 Å². The van der Waals surface area contributed by atoms with Crippen molar-refractivity contribution >= 4 is 15.9 Å². The number of benzene rings is 1. The van der Waals surface area contributed by atoms with Crippen LogP contribution in [0.15, 0.2) is 22.7 Å². The SMILES string of the molecule is Fc1ccc(Br)cc1C1(F)CCCNCC1. The molecule has 0 radical (unpaired) electrons. The quantitative estimate of drug-likeness (QED) is 0.834. The molecule has 0 saturated carbocycles. The molecular weight excluding hydrogens is 276 g/mol. The number of hydrogen-bond donors (Lipinski definition) is 1. The van der Waals surface area contributed by atoms with Crippen LogP contribution in [0.1, 0.15) is 24.8 Å². The van der Waals surface area contributed by atoms with Crippen molar-refractivity contribution in [3.05, 3.63) is 34.1 Å². The maximum absolute atomic E-state index is 14.7. The number of halogens is 3. The molecule has 0 amide bonds. The van der Waals surface area contributed by atoms with Gasteiger partial charge in [0.05, 0.1) is 0 Å². The number of alkyl halides is 1. The van der Waals surface area contributed by atoms with Crippen molar-refractivity contribution in [3.8, 4) is 0 Å². The lowest BCUT2D eigenvalue weighted by Gasteiger charge is -2.24. The van der Waals surface area contributed by atoms with Gasteiger partial charge in [0.15, 0.2) is 0 Å². The van der Waals surface area contributed by atoms with Gasteiger partial charge >= 0.3 is 0 Å². The van der Waals surface area contributed by atoms with Crippen LogP contribution in [0.2, 0.25) is 0 Å². The van der Waals surface area contributed by atoms with E-state index in [0.717, 1.165) is 17.4 Å². The minimum absolute atomic E-state index is 0.186. The zero-order valence-corrected chi connectivity index (χ0v) is 10.5. The van der Waals surface area contributed by atoms with Gasteiger partial charge in [0.25, 0.3) is 0 Å². The van der Waals surface area contributed by atoms with Crippen LogP contribution >= 0.6 is 15.9 Å². The number of nitrogens with one attached hydrogen (secondary N) is 1. The molecule has 1 aliphatic heterocycles. The first-order valence-electron chi connectivity index (χ1n) is 5.47. The Labute approximate surface area is 102 Å². The lowest BCUT2D eigenvalue weighted by atomic mass is 9.88. The van der Waals surface area contributed by atoms with Crippen molar-refractivity contribution in [2.24, 2.45) is 0 Å². The van der Waals surface area contributed by atoms with Gasteiger partial charge < -0.3 is 5.32 Å². The maximum Gasteiger partial charge on any atom is 0.140 e. The molecule has 0 bridgehead atoms. The third-order valence-electron chi connectivity index (χ3n) is 3.04. The van der Waals surface area contributed by atoms with Gasteiger partial charge in [-0.25, -0.2) is 8.78 Å². The number of hydrogen-bond acceptors (Lipinski definition) is 1. The van der Waals surface area contributed by atoms with Crippen molar-refractivity contribution in [1.29, 1.82) is 0 Å². The predicted molar refractivity (Wildman–Crippen MR) is 63.6 cm³/mol. The molecule has 1 aromatic carbocycles. The monoisotopic (exact) mass is 289 g/mol. The van der Waals surface area contributed by atoms with E-state index in [9.17, 15) is 8.78 Å². The van der Waals surface area contributed by atoms with Crippen molar-refractivity contribution in [1.82, 2.24) is 5.32 Å². The molecule has 1 atom stereocenters. The molecule has 0 aromatic heterocycles. The summed E-state index contributed by atoms with van der Waals surface area (Å²) in [5.41, 5.74) is -1.34. The fraction of sp³-hybridized carbons (Fsp3) is 0.500. The third-order valence-corrected chi connectivity index (χ3v) is 3.53. The minimum Gasteiger partial charge on any atom is -0.317 e. The van der Waals surface area contributed by atoms with Gasteiger partial charge in [-0.2, -0.15) is 0 Å². The van der Waals surface area contributed by atoms with E-state index in [2.05, 4.69) is 21.2 Å². The standard InChI is InChI=1S/C12H14BrF2N/c13-9-2-3-11(14)10(8-9)12(15)4-1-6-16-7-5-12/h2-3,8,16H,1,4-7H2. The lowest BCUT2D eigenvalue weighted by Crippen LogP contribution is -2.23. The smallest absolute Gasteiger partial charge is 0.140 e. The summed E-state index contributed by atoms with van der Waals surface area (Å²) < 4.78 is 29.1. The van der Waals surface area contributed by atoms with Gasteiger partial charge in [0.2, 0.25) is 0 Å². The summed E-state index contributed by atoms with van der Waals surface area (Å²) in [5.74, 6) is -0.451. The second kappa shape index (κ2) is 4.80. The Kier molecular flexibility index (Phi) is 3.60. The van der Waals surface area contributed by atoms with Gasteiger partial charge in [-0.05, 0) is 50.6 Å². The van der Waals surface area contributed by atoms with Crippen LogP contribution in [0, 0.1) is 5.82 Å². The van der Waals surface area contributed by atoms with Crippen molar-refractivity contribution in [3.63, 3.8) is 0 Å². The summed E-state index contributed by atoms with van der Waals surface area (Å²) in [7, 11) is 0. The van der Waals surface area contributed by atoms with E-state index < -0.39 is 11.5 Å². The first-order chi connectivity index (χ1) is 7.62. The molecule has 1 unspecified atom stereocenters. The average Bonchev–Trinajstić information content (AvgIpc) is 2.48. The summed E-state index contributed by atoms with van der Waals surface area (Å²) in [4.78, 5) is 0. The first-order valence-corrected chi connectivity index (χ1v) is 6.26. The second-order valence-electron chi connectivity index (χ2n) is 4.19. The van der Waals surface area contributed by atoms with Gasteiger partial charge in [-0.15, -0.1) is 0 Å². The third kappa shape index (κ3) is 2.43. The molecule has 1 aliphatic rings. The van der Waals surface area contributed by atoms with Crippen LogP contribution in [0.5, 0.6) is 0 Å². The summed E-state index contributed by atoms with van der Waals surface area (Å²) in [6.45, 7) is 1.41.